The monoisotopic (exact) mass is 511 g/mol. The van der Waals surface area contributed by atoms with Crippen LogP contribution < -0.4 is 18.9 Å². The van der Waals surface area contributed by atoms with Gasteiger partial charge in [0.25, 0.3) is 11.7 Å². The van der Waals surface area contributed by atoms with Gasteiger partial charge in [0.1, 0.15) is 19.0 Å². The fourth-order valence-electron chi connectivity index (χ4n) is 4.48. The van der Waals surface area contributed by atoms with Gasteiger partial charge in [-0.2, -0.15) is 0 Å². The number of ketones is 1. The van der Waals surface area contributed by atoms with Crippen LogP contribution in [0.5, 0.6) is 23.0 Å². The number of aliphatic hydroxyl groups is 1. The average molecular weight is 512 g/mol. The molecule has 0 spiro atoms. The van der Waals surface area contributed by atoms with Gasteiger partial charge < -0.3 is 33.7 Å². The zero-order valence-corrected chi connectivity index (χ0v) is 21.5. The lowest BCUT2D eigenvalue weighted by atomic mass is 9.94. The Morgan fingerprint density at radius 3 is 2.51 bits per heavy atom. The second kappa shape index (κ2) is 12.0. The largest absolute Gasteiger partial charge is 0.507 e. The number of rotatable bonds is 11. The Bertz CT molecular complexity index is 1170. The van der Waals surface area contributed by atoms with Gasteiger partial charge >= 0.3 is 0 Å². The van der Waals surface area contributed by atoms with Gasteiger partial charge in [-0.15, -0.1) is 0 Å². The summed E-state index contributed by atoms with van der Waals surface area (Å²) in [6.45, 7) is 6.34. The van der Waals surface area contributed by atoms with E-state index in [1.165, 1.54) is 4.90 Å². The molecule has 2 aliphatic rings. The molecule has 9 heteroatoms. The van der Waals surface area contributed by atoms with Gasteiger partial charge in [0.15, 0.2) is 23.0 Å². The van der Waals surface area contributed by atoms with Crippen LogP contribution in [0, 0.1) is 0 Å². The first-order valence-corrected chi connectivity index (χ1v) is 12.6. The molecule has 0 saturated carbocycles. The Hall–Kier alpha value is -3.72. The number of hydrogen-bond acceptors (Lipinski definition) is 8. The summed E-state index contributed by atoms with van der Waals surface area (Å²) in [5.41, 5.74) is 0.990. The van der Waals surface area contributed by atoms with Gasteiger partial charge in [0, 0.05) is 25.8 Å². The van der Waals surface area contributed by atoms with E-state index in [1.807, 2.05) is 13.8 Å². The van der Waals surface area contributed by atoms with Crippen molar-refractivity contribution in [3.8, 4) is 23.0 Å². The predicted octanol–water partition coefficient (Wildman–Crippen LogP) is 4.10. The van der Waals surface area contributed by atoms with Crippen molar-refractivity contribution in [3.05, 3.63) is 53.1 Å². The van der Waals surface area contributed by atoms with Gasteiger partial charge in [0.05, 0.1) is 24.8 Å². The molecule has 37 heavy (non-hydrogen) atoms. The van der Waals surface area contributed by atoms with Crippen molar-refractivity contribution in [2.75, 3.05) is 46.7 Å². The van der Waals surface area contributed by atoms with Gasteiger partial charge in [-0.05, 0) is 55.7 Å². The minimum Gasteiger partial charge on any atom is -0.507 e. The average Bonchev–Trinajstić information content (AvgIpc) is 3.17. The molecule has 1 amide bonds. The SMILES string of the molecule is CCCOc1ccc([C@H]2C(=C(O)c3ccc4c(c3)OCCO4)C(=O)C(=O)N2CCCOC)cc1OCC. The summed E-state index contributed by atoms with van der Waals surface area (Å²) in [6.07, 6.45) is 1.36. The maximum Gasteiger partial charge on any atom is 0.295 e. The van der Waals surface area contributed by atoms with Crippen molar-refractivity contribution in [1.82, 2.24) is 4.90 Å². The van der Waals surface area contributed by atoms with E-state index in [9.17, 15) is 14.7 Å². The van der Waals surface area contributed by atoms with Crippen LogP contribution in [-0.4, -0.2) is 68.4 Å². The fourth-order valence-corrected chi connectivity index (χ4v) is 4.48. The van der Waals surface area contributed by atoms with Crippen LogP contribution >= 0.6 is 0 Å². The van der Waals surface area contributed by atoms with Crippen LogP contribution in [-0.2, 0) is 14.3 Å². The molecule has 4 rings (SSSR count). The van der Waals surface area contributed by atoms with Gasteiger partial charge in [0.2, 0.25) is 0 Å². The van der Waals surface area contributed by atoms with E-state index in [4.69, 9.17) is 23.7 Å². The first kappa shape index (κ1) is 26.3. The molecule has 0 unspecified atom stereocenters. The summed E-state index contributed by atoms with van der Waals surface area (Å²) in [5, 5.41) is 11.4. The maximum absolute atomic E-state index is 13.3. The first-order chi connectivity index (χ1) is 18.0. The molecule has 2 aromatic carbocycles. The molecule has 1 N–H and O–H groups in total. The Balaban J connectivity index is 1.81. The molecule has 2 heterocycles. The van der Waals surface area contributed by atoms with E-state index in [-0.39, 0.29) is 17.9 Å². The number of amides is 1. The molecule has 1 fully saturated rings. The number of carbonyl (C=O) groups excluding carboxylic acids is 2. The number of carbonyl (C=O) groups is 2. The summed E-state index contributed by atoms with van der Waals surface area (Å²) in [5.74, 6) is 0.411. The third-order valence-corrected chi connectivity index (χ3v) is 6.15. The number of hydrogen-bond donors (Lipinski definition) is 1. The summed E-state index contributed by atoms with van der Waals surface area (Å²) >= 11 is 0. The number of nitrogens with zero attached hydrogens (tertiary/aromatic N) is 1. The van der Waals surface area contributed by atoms with E-state index >= 15 is 0 Å². The maximum atomic E-state index is 13.3. The van der Waals surface area contributed by atoms with Crippen molar-refractivity contribution in [2.24, 2.45) is 0 Å². The van der Waals surface area contributed by atoms with E-state index in [2.05, 4.69) is 0 Å². The van der Waals surface area contributed by atoms with Crippen LogP contribution in [0.4, 0.5) is 0 Å². The lowest BCUT2D eigenvalue weighted by Crippen LogP contribution is -2.31. The lowest BCUT2D eigenvalue weighted by Gasteiger charge is -2.26. The van der Waals surface area contributed by atoms with Crippen LogP contribution in [0.15, 0.2) is 42.0 Å². The Morgan fingerprint density at radius 2 is 1.78 bits per heavy atom. The number of fused-ring (bicyclic) bond motifs is 1. The number of ether oxygens (including phenoxy) is 5. The fraction of sp³-hybridized carbons (Fsp3) is 0.429. The molecule has 0 radical (unpaired) electrons. The van der Waals surface area contributed by atoms with Crippen molar-refractivity contribution in [1.29, 1.82) is 0 Å². The van der Waals surface area contributed by atoms with Crippen LogP contribution in [0.2, 0.25) is 0 Å². The summed E-state index contributed by atoms with van der Waals surface area (Å²) < 4.78 is 28.0. The molecular weight excluding hydrogens is 478 g/mol. The number of aliphatic hydroxyl groups excluding tert-OH is 1. The minimum absolute atomic E-state index is 0.00349. The smallest absolute Gasteiger partial charge is 0.295 e. The lowest BCUT2D eigenvalue weighted by molar-refractivity contribution is -0.140. The van der Waals surface area contributed by atoms with Gasteiger partial charge in [-0.3, -0.25) is 9.59 Å². The zero-order chi connectivity index (χ0) is 26.4. The van der Waals surface area contributed by atoms with E-state index in [0.717, 1.165) is 6.42 Å². The number of likely N-dealkylation sites (tertiary alicyclic amines) is 1. The zero-order valence-electron chi connectivity index (χ0n) is 21.5. The van der Waals surface area contributed by atoms with Crippen LogP contribution in [0.25, 0.3) is 5.76 Å². The number of methoxy groups -OCH3 is 1. The molecular formula is C28H33NO8. The number of benzene rings is 2. The Morgan fingerprint density at radius 1 is 1.00 bits per heavy atom. The topological polar surface area (TPSA) is 104 Å². The highest BCUT2D eigenvalue weighted by atomic mass is 16.6. The molecule has 0 aliphatic carbocycles. The van der Waals surface area contributed by atoms with Crippen molar-refractivity contribution in [3.63, 3.8) is 0 Å². The highest BCUT2D eigenvalue weighted by Crippen LogP contribution is 2.43. The summed E-state index contributed by atoms with van der Waals surface area (Å²) in [6, 6.07) is 9.47. The van der Waals surface area contributed by atoms with E-state index < -0.39 is 17.7 Å². The highest BCUT2D eigenvalue weighted by Gasteiger charge is 2.46. The van der Waals surface area contributed by atoms with Crippen molar-refractivity contribution in [2.45, 2.75) is 32.7 Å². The molecule has 2 aromatic rings. The van der Waals surface area contributed by atoms with E-state index in [1.54, 1.807) is 43.5 Å². The van der Waals surface area contributed by atoms with Gasteiger partial charge in [-0.1, -0.05) is 13.0 Å². The molecule has 1 atom stereocenters. The molecule has 0 bridgehead atoms. The standard InChI is InChI=1S/C28H33NO8/c1-4-12-35-20-9-7-18(16-22(20)34-5-2)25-24(27(31)28(32)29(25)11-6-13-33-3)26(30)19-8-10-21-23(17-19)37-15-14-36-21/h7-10,16-17,25,30H,4-6,11-15H2,1-3H3/t25-/m0/s1. The van der Waals surface area contributed by atoms with Crippen LogP contribution in [0.1, 0.15) is 43.9 Å². The molecule has 198 valence electrons. The molecule has 2 aliphatic heterocycles. The second-order valence-corrected chi connectivity index (χ2v) is 8.68. The molecule has 0 aromatic heterocycles. The summed E-state index contributed by atoms with van der Waals surface area (Å²) in [7, 11) is 1.58. The predicted molar refractivity (Wildman–Crippen MR) is 136 cm³/mol. The second-order valence-electron chi connectivity index (χ2n) is 8.68. The number of Topliss-reactive ketones (excluding diaryl/α,β-unsaturated/α-hetero) is 1. The minimum atomic E-state index is -0.815. The Labute approximate surface area is 216 Å². The summed E-state index contributed by atoms with van der Waals surface area (Å²) in [4.78, 5) is 27.9. The third kappa shape index (κ3) is 5.51. The van der Waals surface area contributed by atoms with Crippen LogP contribution in [0.3, 0.4) is 0 Å². The molecule has 9 nitrogen and oxygen atoms in total. The third-order valence-electron chi connectivity index (χ3n) is 6.15. The molecule has 1 saturated heterocycles. The first-order valence-electron chi connectivity index (χ1n) is 12.6. The van der Waals surface area contributed by atoms with Crippen molar-refractivity contribution >= 4 is 17.4 Å². The normalized spacial score (nSPS) is 18.2. The highest BCUT2D eigenvalue weighted by molar-refractivity contribution is 6.46. The van der Waals surface area contributed by atoms with Crippen molar-refractivity contribution < 1.29 is 38.4 Å². The Kier molecular flexibility index (Phi) is 8.55. The van der Waals surface area contributed by atoms with E-state index in [0.29, 0.717) is 73.6 Å². The van der Waals surface area contributed by atoms with Gasteiger partial charge in [-0.25, -0.2) is 0 Å². The quantitative estimate of drug-likeness (QED) is 0.208.